The molecular formula is C21H13ClN2O3S. The Labute approximate surface area is 169 Å². The van der Waals surface area contributed by atoms with Gasteiger partial charge in [-0.2, -0.15) is 0 Å². The summed E-state index contributed by atoms with van der Waals surface area (Å²) in [6.07, 6.45) is 1.14. The van der Waals surface area contributed by atoms with E-state index in [9.17, 15) is 9.59 Å². The molecule has 2 heterocycles. The topological polar surface area (TPSA) is 72.2 Å². The molecule has 0 aliphatic rings. The van der Waals surface area contributed by atoms with Gasteiger partial charge in [0.15, 0.2) is 0 Å². The molecule has 4 rings (SSSR count). The van der Waals surface area contributed by atoms with Crippen LogP contribution in [0.4, 0.5) is 5.69 Å². The first kappa shape index (κ1) is 18.2. The van der Waals surface area contributed by atoms with Crippen LogP contribution in [0.25, 0.3) is 21.8 Å². The van der Waals surface area contributed by atoms with E-state index in [0.29, 0.717) is 10.7 Å². The Hall–Kier alpha value is -3.22. The molecule has 0 saturated carbocycles. The molecule has 4 aromatic rings. The number of rotatable bonds is 4. The molecule has 1 N–H and O–H groups in total. The number of hydrogen-bond acceptors (Lipinski definition) is 5. The summed E-state index contributed by atoms with van der Waals surface area (Å²) in [5, 5.41) is 6.33. The molecule has 0 bridgehead atoms. The Morgan fingerprint density at radius 3 is 2.61 bits per heavy atom. The zero-order valence-electron chi connectivity index (χ0n) is 14.4. The third kappa shape index (κ3) is 4.03. The Morgan fingerprint density at radius 2 is 1.86 bits per heavy atom. The van der Waals surface area contributed by atoms with Gasteiger partial charge in [0.1, 0.15) is 11.3 Å². The van der Waals surface area contributed by atoms with Gasteiger partial charge in [-0.3, -0.25) is 4.79 Å². The number of carbonyl (C=O) groups is 1. The van der Waals surface area contributed by atoms with Crippen molar-refractivity contribution < 1.29 is 9.21 Å². The molecule has 0 aliphatic carbocycles. The van der Waals surface area contributed by atoms with E-state index in [1.54, 1.807) is 6.07 Å². The molecule has 1 amide bonds. The molecular weight excluding hydrogens is 396 g/mol. The standard InChI is InChI=1S/C21H13ClN2O3S/c22-16-7-4-13(5-8-16)21-24-18(12-28-21)14-2-1-3-17(10-14)23-20(26)15-6-9-19(25)27-11-15/h1-12H,(H,23,26). The number of anilines is 1. The average Bonchev–Trinajstić information content (AvgIpc) is 3.19. The monoisotopic (exact) mass is 408 g/mol. The summed E-state index contributed by atoms with van der Waals surface area (Å²) in [5.74, 6) is -0.360. The maximum atomic E-state index is 12.3. The van der Waals surface area contributed by atoms with Gasteiger partial charge in [-0.1, -0.05) is 35.9 Å². The molecule has 0 spiro atoms. The van der Waals surface area contributed by atoms with E-state index in [1.165, 1.54) is 23.5 Å². The van der Waals surface area contributed by atoms with Gasteiger partial charge in [0.05, 0.1) is 11.3 Å². The van der Waals surface area contributed by atoms with Gasteiger partial charge in [0.25, 0.3) is 5.91 Å². The van der Waals surface area contributed by atoms with Crippen molar-refractivity contribution in [3.63, 3.8) is 0 Å². The van der Waals surface area contributed by atoms with E-state index < -0.39 is 5.63 Å². The molecule has 138 valence electrons. The lowest BCUT2D eigenvalue weighted by Gasteiger charge is -2.06. The number of carbonyl (C=O) groups excluding carboxylic acids is 1. The molecule has 7 heteroatoms. The highest BCUT2D eigenvalue weighted by atomic mass is 35.5. The first-order valence-electron chi connectivity index (χ1n) is 8.30. The number of amides is 1. The highest BCUT2D eigenvalue weighted by Gasteiger charge is 2.10. The lowest BCUT2D eigenvalue weighted by atomic mass is 10.1. The Kier molecular flexibility index (Phi) is 5.06. The van der Waals surface area contributed by atoms with E-state index in [2.05, 4.69) is 10.3 Å². The Bertz CT molecular complexity index is 1180. The number of nitrogens with zero attached hydrogens (tertiary/aromatic N) is 1. The molecule has 0 unspecified atom stereocenters. The molecule has 5 nitrogen and oxygen atoms in total. The number of benzene rings is 2. The van der Waals surface area contributed by atoms with Crippen molar-refractivity contribution in [1.29, 1.82) is 0 Å². The highest BCUT2D eigenvalue weighted by molar-refractivity contribution is 7.13. The predicted octanol–water partition coefficient (Wildman–Crippen LogP) is 5.34. The molecule has 0 atom stereocenters. The Morgan fingerprint density at radius 1 is 1.04 bits per heavy atom. The fraction of sp³-hybridized carbons (Fsp3) is 0. The summed E-state index contributed by atoms with van der Waals surface area (Å²) in [5.41, 5.74) is 3.08. The summed E-state index contributed by atoms with van der Waals surface area (Å²) in [6, 6.07) is 17.6. The van der Waals surface area contributed by atoms with Crippen LogP contribution in [0.15, 0.2) is 81.5 Å². The molecule has 28 heavy (non-hydrogen) atoms. The van der Waals surface area contributed by atoms with Crippen LogP contribution in [0.2, 0.25) is 5.02 Å². The van der Waals surface area contributed by atoms with Crippen LogP contribution in [-0.4, -0.2) is 10.9 Å². The smallest absolute Gasteiger partial charge is 0.335 e. The van der Waals surface area contributed by atoms with E-state index in [0.717, 1.165) is 28.1 Å². The van der Waals surface area contributed by atoms with Crippen molar-refractivity contribution in [2.24, 2.45) is 0 Å². The molecule has 2 aromatic carbocycles. The number of nitrogens with one attached hydrogen (secondary N) is 1. The van der Waals surface area contributed by atoms with Gasteiger partial charge >= 0.3 is 5.63 Å². The quantitative estimate of drug-likeness (QED) is 0.495. The summed E-state index contributed by atoms with van der Waals surface area (Å²) >= 11 is 7.48. The van der Waals surface area contributed by atoms with Crippen molar-refractivity contribution in [3.8, 4) is 21.8 Å². The van der Waals surface area contributed by atoms with E-state index in [1.807, 2.05) is 47.8 Å². The van der Waals surface area contributed by atoms with Crippen molar-refractivity contribution in [1.82, 2.24) is 4.98 Å². The first-order chi connectivity index (χ1) is 13.6. The van der Waals surface area contributed by atoms with Crippen LogP contribution >= 0.6 is 22.9 Å². The van der Waals surface area contributed by atoms with Crippen LogP contribution in [0.5, 0.6) is 0 Å². The second kappa shape index (κ2) is 7.80. The van der Waals surface area contributed by atoms with Crippen molar-refractivity contribution >= 4 is 34.5 Å². The summed E-state index contributed by atoms with van der Waals surface area (Å²) in [4.78, 5) is 28.0. The third-order valence-corrected chi connectivity index (χ3v) is 5.12. The van der Waals surface area contributed by atoms with Gasteiger partial charge in [-0.15, -0.1) is 11.3 Å². The van der Waals surface area contributed by atoms with Crippen LogP contribution in [0, 0.1) is 0 Å². The SMILES string of the molecule is O=C(Nc1cccc(-c2csc(-c3ccc(Cl)cc3)n2)c1)c1ccc(=O)oc1. The number of aromatic nitrogens is 1. The molecule has 0 fully saturated rings. The number of hydrogen-bond donors (Lipinski definition) is 1. The third-order valence-electron chi connectivity index (χ3n) is 3.97. The minimum atomic E-state index is -0.501. The van der Waals surface area contributed by atoms with Gasteiger partial charge < -0.3 is 9.73 Å². The van der Waals surface area contributed by atoms with Crippen LogP contribution in [-0.2, 0) is 0 Å². The molecule has 2 aromatic heterocycles. The lowest BCUT2D eigenvalue weighted by Crippen LogP contribution is -2.12. The summed E-state index contributed by atoms with van der Waals surface area (Å²) in [7, 11) is 0. The van der Waals surface area contributed by atoms with Gasteiger partial charge in [0, 0.05) is 33.3 Å². The lowest BCUT2D eigenvalue weighted by molar-refractivity contribution is 0.102. The largest absolute Gasteiger partial charge is 0.430 e. The minimum Gasteiger partial charge on any atom is -0.430 e. The van der Waals surface area contributed by atoms with E-state index in [-0.39, 0.29) is 11.5 Å². The normalized spacial score (nSPS) is 10.6. The molecule has 0 aliphatic heterocycles. The van der Waals surface area contributed by atoms with Crippen molar-refractivity contribution in [2.75, 3.05) is 5.32 Å². The van der Waals surface area contributed by atoms with E-state index >= 15 is 0 Å². The van der Waals surface area contributed by atoms with Gasteiger partial charge in [0.2, 0.25) is 0 Å². The van der Waals surface area contributed by atoms with Crippen LogP contribution in [0.1, 0.15) is 10.4 Å². The zero-order valence-corrected chi connectivity index (χ0v) is 16.0. The van der Waals surface area contributed by atoms with Crippen molar-refractivity contribution in [3.05, 3.63) is 93.3 Å². The summed E-state index contributed by atoms with van der Waals surface area (Å²) < 4.78 is 4.73. The molecule has 0 saturated heterocycles. The minimum absolute atomic E-state index is 0.267. The highest BCUT2D eigenvalue weighted by Crippen LogP contribution is 2.30. The number of thiazole rings is 1. The number of halogens is 1. The van der Waals surface area contributed by atoms with Crippen LogP contribution in [0.3, 0.4) is 0 Å². The second-order valence-corrected chi connectivity index (χ2v) is 7.22. The maximum absolute atomic E-state index is 12.3. The fourth-order valence-electron chi connectivity index (χ4n) is 2.58. The summed E-state index contributed by atoms with van der Waals surface area (Å²) in [6.45, 7) is 0. The average molecular weight is 409 g/mol. The van der Waals surface area contributed by atoms with Crippen molar-refractivity contribution in [2.45, 2.75) is 0 Å². The first-order valence-corrected chi connectivity index (χ1v) is 9.56. The zero-order chi connectivity index (χ0) is 19.5. The fourth-order valence-corrected chi connectivity index (χ4v) is 3.54. The Balaban J connectivity index is 1.55. The van der Waals surface area contributed by atoms with Crippen LogP contribution < -0.4 is 10.9 Å². The van der Waals surface area contributed by atoms with Gasteiger partial charge in [-0.25, -0.2) is 9.78 Å². The van der Waals surface area contributed by atoms with E-state index in [4.69, 9.17) is 16.0 Å². The maximum Gasteiger partial charge on any atom is 0.335 e. The predicted molar refractivity (Wildman–Crippen MR) is 111 cm³/mol. The molecule has 0 radical (unpaired) electrons. The van der Waals surface area contributed by atoms with Gasteiger partial charge in [-0.05, 0) is 30.3 Å². The second-order valence-electron chi connectivity index (χ2n) is 5.92.